The van der Waals surface area contributed by atoms with E-state index >= 15 is 0 Å². The van der Waals surface area contributed by atoms with Crippen LogP contribution in [-0.4, -0.2) is 16.9 Å². The van der Waals surface area contributed by atoms with Crippen LogP contribution >= 0.6 is 23.2 Å². The monoisotopic (exact) mass is 484 g/mol. The minimum atomic E-state index is -4.55. The number of anilines is 1. The molecule has 0 spiro atoms. The summed E-state index contributed by atoms with van der Waals surface area (Å²) in [5.41, 5.74) is 5.12. The van der Waals surface area contributed by atoms with Crippen molar-refractivity contribution < 1.29 is 27.5 Å². The molecule has 0 radical (unpaired) electrons. The normalized spacial score (nSPS) is 11.7. The maximum Gasteiger partial charge on any atom is 0.437 e. The number of rotatable bonds is 5. The van der Waals surface area contributed by atoms with Crippen LogP contribution in [0.4, 0.5) is 23.7 Å². The number of hydrogen-bond acceptors (Lipinski definition) is 5. The number of alkyl halides is 3. The first kappa shape index (κ1) is 23.2. The van der Waals surface area contributed by atoms with Crippen molar-refractivity contribution in [3.63, 3.8) is 0 Å². The molecule has 3 aromatic rings. The molecular formula is C20H13Cl2F3N4O3. The highest BCUT2D eigenvalue weighted by molar-refractivity contribution is 6.36. The van der Waals surface area contributed by atoms with Crippen LogP contribution < -0.4 is 15.8 Å². The fourth-order valence-electron chi connectivity index (χ4n) is 2.37. The number of amidine groups is 1. The first-order chi connectivity index (χ1) is 15.1. The average Bonchev–Trinajstić information content (AvgIpc) is 2.75. The number of oxime groups is 1. The Labute approximate surface area is 189 Å². The molecule has 0 atom stereocenters. The van der Waals surface area contributed by atoms with Crippen molar-refractivity contribution >= 4 is 40.8 Å². The number of amides is 1. The largest absolute Gasteiger partial charge is 0.454 e. The number of ether oxygens (including phenoxy) is 1. The first-order valence-electron chi connectivity index (χ1n) is 8.69. The number of benzene rings is 2. The predicted molar refractivity (Wildman–Crippen MR) is 113 cm³/mol. The number of pyridine rings is 1. The van der Waals surface area contributed by atoms with E-state index < -0.39 is 17.8 Å². The summed E-state index contributed by atoms with van der Waals surface area (Å²) in [5.74, 6) is 0.461. The van der Waals surface area contributed by atoms with Gasteiger partial charge in [-0.2, -0.15) is 13.2 Å². The number of nitrogens with one attached hydrogen (secondary N) is 1. The van der Waals surface area contributed by atoms with Crippen molar-refractivity contribution in [2.45, 2.75) is 6.18 Å². The van der Waals surface area contributed by atoms with Crippen LogP contribution in [0.1, 0.15) is 11.1 Å². The highest BCUT2D eigenvalue weighted by atomic mass is 35.5. The summed E-state index contributed by atoms with van der Waals surface area (Å²) in [4.78, 5) is 20.2. The molecule has 3 rings (SSSR count). The van der Waals surface area contributed by atoms with E-state index in [-0.39, 0.29) is 27.3 Å². The Morgan fingerprint density at radius 1 is 1.06 bits per heavy atom. The molecule has 7 nitrogen and oxygen atoms in total. The third kappa shape index (κ3) is 6.02. The topological polar surface area (TPSA) is 98.8 Å². The molecule has 1 heterocycles. The second-order valence-electron chi connectivity index (χ2n) is 6.12. The van der Waals surface area contributed by atoms with Crippen molar-refractivity contribution in [1.82, 2.24) is 4.98 Å². The van der Waals surface area contributed by atoms with E-state index in [0.29, 0.717) is 11.3 Å². The molecule has 0 unspecified atom stereocenters. The average molecular weight is 485 g/mol. The smallest absolute Gasteiger partial charge is 0.437 e. The van der Waals surface area contributed by atoms with Gasteiger partial charge in [-0.3, -0.25) is 15.1 Å². The van der Waals surface area contributed by atoms with Gasteiger partial charge in [-0.05, 0) is 42.5 Å². The lowest BCUT2D eigenvalue weighted by molar-refractivity contribution is -0.137. The zero-order valence-corrected chi connectivity index (χ0v) is 17.4. The van der Waals surface area contributed by atoms with E-state index in [2.05, 4.69) is 20.3 Å². The summed E-state index contributed by atoms with van der Waals surface area (Å²) in [6.07, 6.45) is -2.91. The van der Waals surface area contributed by atoms with Crippen molar-refractivity contribution in [2.24, 2.45) is 10.9 Å². The summed E-state index contributed by atoms with van der Waals surface area (Å²) >= 11 is 12.0. The Morgan fingerprint density at radius 3 is 2.34 bits per heavy atom. The number of aromatic nitrogens is 1. The minimum absolute atomic E-state index is 0.117. The summed E-state index contributed by atoms with van der Waals surface area (Å²) in [7, 11) is 0. The number of halogens is 5. The van der Waals surface area contributed by atoms with Crippen LogP contribution in [0.2, 0.25) is 10.0 Å². The molecule has 166 valence electrons. The molecule has 0 saturated heterocycles. The quantitative estimate of drug-likeness (QED) is 0.198. The van der Waals surface area contributed by atoms with Crippen molar-refractivity contribution in [1.29, 1.82) is 0 Å². The second-order valence-corrected chi connectivity index (χ2v) is 6.93. The summed E-state index contributed by atoms with van der Waals surface area (Å²) in [6, 6.07) is 10.2. The van der Waals surface area contributed by atoms with Crippen LogP contribution in [-0.2, 0) is 11.0 Å². The fraction of sp³-hybridized carbons (Fsp3) is 0.0500. The van der Waals surface area contributed by atoms with E-state index in [4.69, 9.17) is 33.7 Å². The van der Waals surface area contributed by atoms with Gasteiger partial charge in [0.15, 0.2) is 11.6 Å². The lowest BCUT2D eigenvalue weighted by Gasteiger charge is -2.10. The molecular weight excluding hydrogens is 472 g/mol. The minimum Gasteiger partial charge on any atom is -0.454 e. The molecule has 1 amide bonds. The fourth-order valence-corrected chi connectivity index (χ4v) is 2.81. The van der Waals surface area contributed by atoms with E-state index in [1.54, 1.807) is 12.1 Å². The first-order valence-corrected chi connectivity index (χ1v) is 9.45. The molecule has 0 bridgehead atoms. The van der Waals surface area contributed by atoms with Crippen molar-refractivity contribution in [3.05, 3.63) is 82.1 Å². The third-order valence-corrected chi connectivity index (χ3v) is 4.38. The number of carbonyl (C=O) groups is 1. The highest BCUT2D eigenvalue weighted by Crippen LogP contribution is 2.35. The maximum absolute atomic E-state index is 12.7. The third-order valence-electron chi connectivity index (χ3n) is 3.84. The molecule has 3 N–H and O–H groups in total. The standard InChI is InChI=1S/C20H13Cl2F3N4O3/c21-15-9-27-10-16(22)17(15)31-14-6-4-11(5-7-14)18(26)29-32-19(30)28-13-3-1-2-12(8-13)20(23,24)25/h1-10H,(H2,26,29)(H,28,30). The highest BCUT2D eigenvalue weighted by Gasteiger charge is 2.30. The lowest BCUT2D eigenvalue weighted by atomic mass is 10.2. The van der Waals surface area contributed by atoms with Gasteiger partial charge in [-0.15, -0.1) is 0 Å². The van der Waals surface area contributed by atoms with E-state index in [9.17, 15) is 18.0 Å². The van der Waals surface area contributed by atoms with Crippen LogP contribution in [0, 0.1) is 0 Å². The van der Waals surface area contributed by atoms with Crippen LogP contribution in [0.3, 0.4) is 0 Å². The van der Waals surface area contributed by atoms with Crippen LogP contribution in [0.25, 0.3) is 0 Å². The number of carbonyl (C=O) groups excluding carboxylic acids is 1. The van der Waals surface area contributed by atoms with Gasteiger partial charge in [0.2, 0.25) is 0 Å². The van der Waals surface area contributed by atoms with Gasteiger partial charge >= 0.3 is 12.3 Å². The van der Waals surface area contributed by atoms with Gasteiger partial charge in [0.25, 0.3) is 0 Å². The second kappa shape index (κ2) is 9.75. The Bertz CT molecular complexity index is 1140. The van der Waals surface area contributed by atoms with Gasteiger partial charge in [-0.1, -0.05) is 34.4 Å². The number of nitrogens with two attached hydrogens (primary N) is 1. The molecule has 0 aliphatic heterocycles. The summed E-state index contributed by atoms with van der Waals surface area (Å²) in [5, 5.41) is 6.06. The number of hydrogen-bond donors (Lipinski definition) is 2. The van der Waals surface area contributed by atoms with E-state index in [1.807, 2.05) is 0 Å². The van der Waals surface area contributed by atoms with Gasteiger partial charge < -0.3 is 10.5 Å². The SMILES string of the molecule is N/C(=N\OC(=O)Nc1cccc(C(F)(F)F)c1)c1ccc(Oc2c(Cl)cncc2Cl)cc1. The number of nitrogens with zero attached hydrogens (tertiary/aromatic N) is 2. The van der Waals surface area contributed by atoms with Crippen LogP contribution in [0.15, 0.2) is 66.1 Å². The van der Waals surface area contributed by atoms with Gasteiger partial charge in [-0.25, -0.2) is 4.79 Å². The molecule has 32 heavy (non-hydrogen) atoms. The maximum atomic E-state index is 12.7. The van der Waals surface area contributed by atoms with Crippen molar-refractivity contribution in [3.8, 4) is 11.5 Å². The van der Waals surface area contributed by atoms with Crippen molar-refractivity contribution in [2.75, 3.05) is 5.32 Å². The van der Waals surface area contributed by atoms with E-state index in [0.717, 1.165) is 18.2 Å². The molecule has 0 aliphatic rings. The molecule has 0 saturated carbocycles. The predicted octanol–water partition coefficient (Wildman–Crippen LogP) is 6.07. The van der Waals surface area contributed by atoms with E-state index in [1.165, 1.54) is 30.6 Å². The van der Waals surface area contributed by atoms with Crippen LogP contribution in [0.5, 0.6) is 11.5 Å². The van der Waals surface area contributed by atoms with Gasteiger partial charge in [0.1, 0.15) is 15.8 Å². The molecule has 2 aromatic carbocycles. The summed E-state index contributed by atoms with van der Waals surface area (Å²) < 4.78 is 43.8. The lowest BCUT2D eigenvalue weighted by Crippen LogP contribution is -2.17. The van der Waals surface area contributed by atoms with Gasteiger partial charge in [0.05, 0.1) is 5.56 Å². The molecule has 1 aromatic heterocycles. The Hall–Kier alpha value is -3.50. The summed E-state index contributed by atoms with van der Waals surface area (Å²) in [6.45, 7) is 0. The molecule has 12 heteroatoms. The Morgan fingerprint density at radius 2 is 1.72 bits per heavy atom. The molecule has 0 aliphatic carbocycles. The zero-order valence-electron chi connectivity index (χ0n) is 15.9. The molecule has 0 fully saturated rings. The Kier molecular flexibility index (Phi) is 7.06. The van der Waals surface area contributed by atoms with Gasteiger partial charge in [0, 0.05) is 23.6 Å². The Balaban J connectivity index is 1.62. The zero-order chi connectivity index (χ0) is 23.3.